The summed E-state index contributed by atoms with van der Waals surface area (Å²) in [6.07, 6.45) is 1.08. The van der Waals surface area contributed by atoms with Gasteiger partial charge in [0.25, 0.3) is 0 Å². The van der Waals surface area contributed by atoms with Crippen LogP contribution in [-0.4, -0.2) is 19.1 Å². The van der Waals surface area contributed by atoms with Gasteiger partial charge in [-0.3, -0.25) is 0 Å². The molecule has 1 aliphatic rings. The Bertz CT molecular complexity index is 585. The van der Waals surface area contributed by atoms with E-state index in [9.17, 15) is 4.39 Å². The fourth-order valence-corrected chi connectivity index (χ4v) is 3.00. The lowest BCUT2D eigenvalue weighted by atomic mass is 9.99. The molecule has 1 saturated heterocycles. The molecule has 0 spiro atoms. The quantitative estimate of drug-likeness (QED) is 0.923. The van der Waals surface area contributed by atoms with Crippen LogP contribution in [0.4, 0.5) is 10.1 Å². The van der Waals surface area contributed by atoms with Crippen molar-refractivity contribution < 1.29 is 4.39 Å². The van der Waals surface area contributed by atoms with Crippen LogP contribution in [0.15, 0.2) is 54.6 Å². The minimum Gasteiger partial charge on any atom is -0.362 e. The summed E-state index contributed by atoms with van der Waals surface area (Å²) in [6.45, 7) is 3.98. The van der Waals surface area contributed by atoms with Crippen molar-refractivity contribution in [3.63, 3.8) is 0 Å². The van der Waals surface area contributed by atoms with Gasteiger partial charge in [0.15, 0.2) is 0 Å². The number of benzene rings is 2. The van der Waals surface area contributed by atoms with Crippen molar-refractivity contribution in [1.82, 2.24) is 5.32 Å². The third-order valence-electron chi connectivity index (χ3n) is 4.21. The Balaban J connectivity index is 1.94. The van der Waals surface area contributed by atoms with Crippen LogP contribution in [0.2, 0.25) is 0 Å². The van der Waals surface area contributed by atoms with Gasteiger partial charge in [-0.15, -0.1) is 0 Å². The first-order chi connectivity index (χ1) is 10.3. The van der Waals surface area contributed by atoms with E-state index in [0.717, 1.165) is 25.2 Å². The lowest BCUT2D eigenvalue weighted by molar-refractivity contribution is 0.389. The van der Waals surface area contributed by atoms with Crippen LogP contribution in [0.1, 0.15) is 24.9 Å². The average Bonchev–Trinajstić information content (AvgIpc) is 2.55. The van der Waals surface area contributed by atoms with Crippen LogP contribution in [0.25, 0.3) is 0 Å². The Labute approximate surface area is 125 Å². The summed E-state index contributed by atoms with van der Waals surface area (Å²) >= 11 is 0. The molecule has 0 bridgehead atoms. The van der Waals surface area contributed by atoms with E-state index < -0.39 is 0 Å². The Morgan fingerprint density at radius 1 is 1.14 bits per heavy atom. The lowest BCUT2D eigenvalue weighted by Crippen LogP contribution is -2.52. The average molecular weight is 284 g/mol. The van der Waals surface area contributed by atoms with Gasteiger partial charge in [0.1, 0.15) is 5.82 Å². The minimum absolute atomic E-state index is 0.175. The molecule has 2 aromatic carbocycles. The maximum absolute atomic E-state index is 13.6. The molecule has 0 saturated carbocycles. The second-order valence-electron chi connectivity index (χ2n) is 5.57. The number of hydrogen-bond donors (Lipinski definition) is 1. The summed E-state index contributed by atoms with van der Waals surface area (Å²) in [5, 5.41) is 3.60. The van der Waals surface area contributed by atoms with E-state index in [0.29, 0.717) is 6.04 Å². The second-order valence-corrected chi connectivity index (χ2v) is 5.57. The van der Waals surface area contributed by atoms with Gasteiger partial charge in [-0.1, -0.05) is 43.3 Å². The first kappa shape index (κ1) is 14.1. The molecule has 0 aromatic heterocycles. The summed E-state index contributed by atoms with van der Waals surface area (Å²) in [7, 11) is 0. The first-order valence-corrected chi connectivity index (χ1v) is 7.58. The first-order valence-electron chi connectivity index (χ1n) is 7.58. The number of anilines is 1. The summed E-state index contributed by atoms with van der Waals surface area (Å²) in [4.78, 5) is 2.32. The van der Waals surface area contributed by atoms with Gasteiger partial charge in [0.05, 0.1) is 6.04 Å². The smallest absolute Gasteiger partial charge is 0.125 e. The van der Waals surface area contributed by atoms with Crippen molar-refractivity contribution in [3.05, 3.63) is 66.0 Å². The molecule has 1 heterocycles. The van der Waals surface area contributed by atoms with E-state index in [-0.39, 0.29) is 11.9 Å². The van der Waals surface area contributed by atoms with Crippen molar-refractivity contribution in [3.8, 4) is 0 Å². The maximum Gasteiger partial charge on any atom is 0.125 e. The molecular weight excluding hydrogens is 263 g/mol. The van der Waals surface area contributed by atoms with Crippen LogP contribution in [0, 0.1) is 5.82 Å². The van der Waals surface area contributed by atoms with Crippen molar-refractivity contribution >= 4 is 5.69 Å². The predicted octanol–water partition coefficient (Wildman–Crippen LogP) is 3.76. The van der Waals surface area contributed by atoms with Gasteiger partial charge < -0.3 is 10.2 Å². The number of nitrogens with one attached hydrogen (secondary N) is 1. The molecule has 1 aliphatic heterocycles. The van der Waals surface area contributed by atoms with E-state index in [1.807, 2.05) is 12.1 Å². The Morgan fingerprint density at radius 3 is 2.67 bits per heavy atom. The largest absolute Gasteiger partial charge is 0.362 e. The Hall–Kier alpha value is -1.87. The molecule has 2 aromatic rings. The molecule has 3 heteroatoms. The molecule has 2 atom stereocenters. The number of piperazine rings is 1. The van der Waals surface area contributed by atoms with Crippen LogP contribution in [0.5, 0.6) is 0 Å². The topological polar surface area (TPSA) is 15.3 Å². The number of nitrogens with zero attached hydrogens (tertiary/aromatic N) is 1. The Kier molecular flexibility index (Phi) is 4.20. The summed E-state index contributed by atoms with van der Waals surface area (Å²) in [5.74, 6) is -0.175. The highest BCUT2D eigenvalue weighted by atomic mass is 19.1. The highest BCUT2D eigenvalue weighted by Crippen LogP contribution is 2.30. The highest BCUT2D eigenvalue weighted by molar-refractivity contribution is 5.50. The molecule has 0 aliphatic carbocycles. The number of rotatable bonds is 3. The van der Waals surface area contributed by atoms with E-state index >= 15 is 0 Å². The predicted molar refractivity (Wildman–Crippen MR) is 85.0 cm³/mol. The SMILES string of the molecule is CCC1CN(c2cccc(F)c2)C(c2ccccc2)CN1. The van der Waals surface area contributed by atoms with Gasteiger partial charge in [0.2, 0.25) is 0 Å². The van der Waals surface area contributed by atoms with Gasteiger partial charge >= 0.3 is 0 Å². The number of halogens is 1. The van der Waals surface area contributed by atoms with Crippen molar-refractivity contribution in [1.29, 1.82) is 0 Å². The summed E-state index contributed by atoms with van der Waals surface area (Å²) < 4.78 is 13.6. The van der Waals surface area contributed by atoms with Gasteiger partial charge in [-0.25, -0.2) is 4.39 Å². The number of hydrogen-bond acceptors (Lipinski definition) is 2. The lowest BCUT2D eigenvalue weighted by Gasteiger charge is -2.42. The molecule has 2 unspecified atom stereocenters. The van der Waals surface area contributed by atoms with Crippen molar-refractivity contribution in [2.45, 2.75) is 25.4 Å². The maximum atomic E-state index is 13.6. The molecule has 1 fully saturated rings. The van der Waals surface area contributed by atoms with E-state index in [1.54, 1.807) is 12.1 Å². The van der Waals surface area contributed by atoms with E-state index in [1.165, 1.54) is 11.6 Å². The van der Waals surface area contributed by atoms with Crippen molar-refractivity contribution in [2.75, 3.05) is 18.0 Å². The van der Waals surface area contributed by atoms with Gasteiger partial charge in [-0.05, 0) is 30.2 Å². The van der Waals surface area contributed by atoms with Crippen LogP contribution in [-0.2, 0) is 0 Å². The minimum atomic E-state index is -0.175. The standard InChI is InChI=1S/C18H21FN2/c1-2-16-13-21(17-10-6-9-15(19)11-17)18(12-20-16)14-7-4-3-5-8-14/h3-11,16,18,20H,2,12-13H2,1H3. The monoisotopic (exact) mass is 284 g/mol. The van der Waals surface area contributed by atoms with Crippen molar-refractivity contribution in [2.24, 2.45) is 0 Å². The fraction of sp³-hybridized carbons (Fsp3) is 0.333. The molecule has 0 radical (unpaired) electrons. The zero-order valence-corrected chi connectivity index (χ0v) is 12.3. The van der Waals surface area contributed by atoms with Gasteiger partial charge in [0, 0.05) is 24.8 Å². The fourth-order valence-electron chi connectivity index (χ4n) is 3.00. The molecule has 21 heavy (non-hydrogen) atoms. The third-order valence-corrected chi connectivity index (χ3v) is 4.21. The van der Waals surface area contributed by atoms with Crippen LogP contribution in [0.3, 0.4) is 0 Å². The molecule has 1 N–H and O–H groups in total. The van der Waals surface area contributed by atoms with E-state index in [4.69, 9.17) is 0 Å². The zero-order valence-electron chi connectivity index (χ0n) is 12.3. The molecule has 2 nitrogen and oxygen atoms in total. The molecular formula is C18H21FN2. The highest BCUT2D eigenvalue weighted by Gasteiger charge is 2.28. The Morgan fingerprint density at radius 2 is 1.95 bits per heavy atom. The summed E-state index contributed by atoms with van der Waals surface area (Å²) in [6, 6.07) is 18.1. The normalized spacial score (nSPS) is 22.3. The zero-order chi connectivity index (χ0) is 14.7. The summed E-state index contributed by atoms with van der Waals surface area (Å²) in [5.41, 5.74) is 2.23. The molecule has 3 rings (SSSR count). The van der Waals surface area contributed by atoms with E-state index in [2.05, 4.69) is 41.4 Å². The molecule has 110 valence electrons. The van der Waals surface area contributed by atoms with Crippen LogP contribution < -0.4 is 10.2 Å². The second kappa shape index (κ2) is 6.27. The van der Waals surface area contributed by atoms with Crippen LogP contribution >= 0.6 is 0 Å². The third kappa shape index (κ3) is 3.08. The molecule has 0 amide bonds. The van der Waals surface area contributed by atoms with Gasteiger partial charge in [-0.2, -0.15) is 0 Å².